The second kappa shape index (κ2) is 7.84. The first kappa shape index (κ1) is 15.6. The Labute approximate surface area is 129 Å². The van der Waals surface area contributed by atoms with Crippen LogP contribution in [-0.2, 0) is 4.79 Å². The SMILES string of the molecule is Cc1cccc(OCC(=O)NCC#Cc2ccc(F)cc2)c1. The zero-order chi connectivity index (χ0) is 15.8. The van der Waals surface area contributed by atoms with E-state index in [0.717, 1.165) is 5.56 Å². The summed E-state index contributed by atoms with van der Waals surface area (Å²) in [6, 6.07) is 13.4. The van der Waals surface area contributed by atoms with Crippen molar-refractivity contribution in [2.45, 2.75) is 6.92 Å². The molecule has 1 N–H and O–H groups in total. The van der Waals surface area contributed by atoms with Gasteiger partial charge in [-0.05, 0) is 48.9 Å². The summed E-state index contributed by atoms with van der Waals surface area (Å²) in [5.74, 6) is 5.76. The lowest BCUT2D eigenvalue weighted by Crippen LogP contribution is -2.29. The highest BCUT2D eigenvalue weighted by molar-refractivity contribution is 5.77. The highest BCUT2D eigenvalue weighted by atomic mass is 19.1. The Morgan fingerprint density at radius 1 is 1.23 bits per heavy atom. The maximum absolute atomic E-state index is 12.7. The molecule has 0 saturated heterocycles. The van der Waals surface area contributed by atoms with Gasteiger partial charge in [0.05, 0.1) is 6.54 Å². The Hall–Kier alpha value is -2.80. The van der Waals surface area contributed by atoms with E-state index in [-0.39, 0.29) is 24.9 Å². The van der Waals surface area contributed by atoms with Crippen molar-refractivity contribution in [3.8, 4) is 17.6 Å². The molecule has 22 heavy (non-hydrogen) atoms. The van der Waals surface area contributed by atoms with E-state index in [0.29, 0.717) is 11.3 Å². The van der Waals surface area contributed by atoms with E-state index in [9.17, 15) is 9.18 Å². The number of benzene rings is 2. The molecular formula is C18H16FNO2. The fourth-order valence-electron chi connectivity index (χ4n) is 1.73. The normalized spacial score (nSPS) is 9.55. The van der Waals surface area contributed by atoms with Gasteiger partial charge in [-0.1, -0.05) is 24.0 Å². The number of nitrogens with one attached hydrogen (secondary N) is 1. The molecule has 0 aromatic heterocycles. The number of ether oxygens (including phenoxy) is 1. The summed E-state index contributed by atoms with van der Waals surface area (Å²) in [7, 11) is 0. The second-order valence-corrected chi connectivity index (χ2v) is 4.69. The van der Waals surface area contributed by atoms with Crippen molar-refractivity contribution in [3.63, 3.8) is 0 Å². The third-order valence-electron chi connectivity index (χ3n) is 2.81. The van der Waals surface area contributed by atoms with Crippen LogP contribution in [0.1, 0.15) is 11.1 Å². The standard InChI is InChI=1S/C18H16FNO2/c1-14-4-2-6-17(12-14)22-13-18(21)20-11-3-5-15-7-9-16(19)10-8-15/h2,4,6-10,12H,11,13H2,1H3,(H,20,21). The summed E-state index contributed by atoms with van der Waals surface area (Å²) < 4.78 is 18.1. The van der Waals surface area contributed by atoms with E-state index >= 15 is 0 Å². The van der Waals surface area contributed by atoms with Gasteiger partial charge in [0.1, 0.15) is 11.6 Å². The van der Waals surface area contributed by atoms with Crippen LogP contribution in [-0.4, -0.2) is 19.1 Å². The summed E-state index contributed by atoms with van der Waals surface area (Å²) in [6.07, 6.45) is 0. The van der Waals surface area contributed by atoms with Gasteiger partial charge in [0.25, 0.3) is 5.91 Å². The summed E-state index contributed by atoms with van der Waals surface area (Å²) in [6.45, 7) is 2.12. The van der Waals surface area contributed by atoms with Crippen LogP contribution in [0.15, 0.2) is 48.5 Å². The molecule has 1 amide bonds. The van der Waals surface area contributed by atoms with Gasteiger partial charge in [-0.15, -0.1) is 0 Å². The quantitative estimate of drug-likeness (QED) is 0.881. The molecule has 2 aromatic carbocycles. The van der Waals surface area contributed by atoms with Crippen molar-refractivity contribution < 1.29 is 13.9 Å². The van der Waals surface area contributed by atoms with E-state index in [1.54, 1.807) is 18.2 Å². The molecule has 0 spiro atoms. The van der Waals surface area contributed by atoms with Crippen LogP contribution in [0.5, 0.6) is 5.75 Å². The average Bonchev–Trinajstić information content (AvgIpc) is 2.51. The van der Waals surface area contributed by atoms with Gasteiger partial charge in [0.2, 0.25) is 0 Å². The van der Waals surface area contributed by atoms with E-state index in [4.69, 9.17) is 4.74 Å². The van der Waals surface area contributed by atoms with Crippen molar-refractivity contribution in [1.82, 2.24) is 5.32 Å². The first-order chi connectivity index (χ1) is 10.6. The Balaban J connectivity index is 1.73. The molecule has 3 nitrogen and oxygen atoms in total. The molecule has 0 saturated carbocycles. The van der Waals surface area contributed by atoms with Crippen LogP contribution in [0.25, 0.3) is 0 Å². The predicted molar refractivity (Wildman–Crippen MR) is 83.0 cm³/mol. The zero-order valence-electron chi connectivity index (χ0n) is 12.2. The molecule has 0 aliphatic rings. The lowest BCUT2D eigenvalue weighted by atomic mass is 10.2. The molecule has 112 valence electrons. The van der Waals surface area contributed by atoms with Gasteiger partial charge in [0, 0.05) is 5.56 Å². The fraction of sp³-hybridized carbons (Fsp3) is 0.167. The van der Waals surface area contributed by atoms with Crippen LogP contribution in [0, 0.1) is 24.6 Å². The summed E-state index contributed by atoms with van der Waals surface area (Å²) in [5, 5.41) is 2.64. The van der Waals surface area contributed by atoms with Gasteiger partial charge in [0.15, 0.2) is 6.61 Å². The Morgan fingerprint density at radius 3 is 2.73 bits per heavy atom. The Kier molecular flexibility index (Phi) is 5.56. The maximum atomic E-state index is 12.7. The molecule has 0 unspecified atom stereocenters. The van der Waals surface area contributed by atoms with E-state index < -0.39 is 0 Å². The third-order valence-corrected chi connectivity index (χ3v) is 2.81. The Morgan fingerprint density at radius 2 is 2.00 bits per heavy atom. The van der Waals surface area contributed by atoms with Gasteiger partial charge in [-0.3, -0.25) is 4.79 Å². The summed E-state index contributed by atoms with van der Waals surface area (Å²) in [5.41, 5.74) is 1.77. The van der Waals surface area contributed by atoms with E-state index in [1.165, 1.54) is 12.1 Å². The van der Waals surface area contributed by atoms with Crippen molar-refractivity contribution >= 4 is 5.91 Å². The van der Waals surface area contributed by atoms with Crippen molar-refractivity contribution in [3.05, 3.63) is 65.5 Å². The number of rotatable bonds is 4. The maximum Gasteiger partial charge on any atom is 0.258 e. The van der Waals surface area contributed by atoms with Crippen molar-refractivity contribution in [2.24, 2.45) is 0 Å². The van der Waals surface area contributed by atoms with E-state index in [1.807, 2.05) is 25.1 Å². The van der Waals surface area contributed by atoms with E-state index in [2.05, 4.69) is 17.2 Å². The number of carbonyl (C=O) groups is 1. The molecule has 0 heterocycles. The lowest BCUT2D eigenvalue weighted by Gasteiger charge is -2.06. The number of amides is 1. The number of halogens is 1. The van der Waals surface area contributed by atoms with Gasteiger partial charge in [-0.25, -0.2) is 4.39 Å². The largest absolute Gasteiger partial charge is 0.484 e. The summed E-state index contributed by atoms with van der Waals surface area (Å²) in [4.78, 5) is 11.6. The highest BCUT2D eigenvalue weighted by Crippen LogP contribution is 2.11. The van der Waals surface area contributed by atoms with Crippen LogP contribution >= 0.6 is 0 Å². The first-order valence-corrected chi connectivity index (χ1v) is 6.84. The molecule has 0 bridgehead atoms. The highest BCUT2D eigenvalue weighted by Gasteiger charge is 2.01. The molecule has 0 aliphatic heterocycles. The van der Waals surface area contributed by atoms with Crippen LogP contribution in [0.4, 0.5) is 4.39 Å². The Bertz CT molecular complexity index is 699. The van der Waals surface area contributed by atoms with Crippen LogP contribution in [0.3, 0.4) is 0 Å². The number of carbonyl (C=O) groups excluding carboxylic acids is 1. The molecule has 0 aliphatic carbocycles. The van der Waals surface area contributed by atoms with Crippen LogP contribution < -0.4 is 10.1 Å². The van der Waals surface area contributed by atoms with Gasteiger partial charge < -0.3 is 10.1 Å². The molecule has 0 atom stereocenters. The third kappa shape index (κ3) is 5.29. The first-order valence-electron chi connectivity index (χ1n) is 6.84. The lowest BCUT2D eigenvalue weighted by molar-refractivity contribution is -0.122. The molecule has 0 radical (unpaired) electrons. The van der Waals surface area contributed by atoms with Crippen molar-refractivity contribution in [2.75, 3.05) is 13.2 Å². The van der Waals surface area contributed by atoms with Crippen molar-refractivity contribution in [1.29, 1.82) is 0 Å². The summed E-state index contributed by atoms with van der Waals surface area (Å²) >= 11 is 0. The second-order valence-electron chi connectivity index (χ2n) is 4.69. The minimum absolute atomic E-state index is 0.0539. The molecule has 0 fully saturated rings. The topological polar surface area (TPSA) is 38.3 Å². The smallest absolute Gasteiger partial charge is 0.258 e. The minimum atomic E-state index is -0.299. The number of hydrogen-bond donors (Lipinski definition) is 1. The number of hydrogen-bond acceptors (Lipinski definition) is 2. The number of aryl methyl sites for hydroxylation is 1. The monoisotopic (exact) mass is 297 g/mol. The predicted octanol–water partition coefficient (Wildman–Crippen LogP) is 2.68. The van der Waals surface area contributed by atoms with Gasteiger partial charge >= 0.3 is 0 Å². The van der Waals surface area contributed by atoms with Crippen LogP contribution in [0.2, 0.25) is 0 Å². The zero-order valence-corrected chi connectivity index (χ0v) is 12.2. The molecule has 4 heteroatoms. The average molecular weight is 297 g/mol. The molecular weight excluding hydrogens is 281 g/mol. The van der Waals surface area contributed by atoms with Gasteiger partial charge in [-0.2, -0.15) is 0 Å². The molecule has 2 aromatic rings. The minimum Gasteiger partial charge on any atom is -0.484 e. The fourth-order valence-corrected chi connectivity index (χ4v) is 1.73. The molecule has 2 rings (SSSR count).